The smallest absolute Gasteiger partial charge is 0.252 e. The lowest BCUT2D eigenvalue weighted by Gasteiger charge is -2.24. The van der Waals surface area contributed by atoms with Crippen LogP contribution in [0.5, 0.6) is 0 Å². The van der Waals surface area contributed by atoms with Gasteiger partial charge in [0.05, 0.1) is 0 Å². The summed E-state index contributed by atoms with van der Waals surface area (Å²) >= 11 is 0. The Morgan fingerprint density at radius 2 is 1.71 bits per heavy atom. The van der Waals surface area contributed by atoms with Crippen molar-refractivity contribution in [1.82, 2.24) is 15.2 Å². The number of benzene rings is 1. The summed E-state index contributed by atoms with van der Waals surface area (Å²) in [6, 6.07) is 12.5. The molecule has 1 atom stereocenters. The van der Waals surface area contributed by atoms with E-state index in [9.17, 15) is 9.59 Å². The number of nitrogens with one attached hydrogen (secondary N) is 1. The Morgan fingerprint density at radius 1 is 1.04 bits per heavy atom. The minimum atomic E-state index is -0.550. The van der Waals surface area contributed by atoms with E-state index in [0.717, 1.165) is 31.5 Å². The Hall–Kier alpha value is -2.69. The highest BCUT2D eigenvalue weighted by Crippen LogP contribution is 2.13. The van der Waals surface area contributed by atoms with E-state index in [2.05, 4.69) is 10.3 Å². The highest BCUT2D eigenvalue weighted by atomic mass is 16.2. The summed E-state index contributed by atoms with van der Waals surface area (Å²) in [7, 11) is 0. The number of carbonyl (C=O) groups is 2. The maximum absolute atomic E-state index is 12.8. The summed E-state index contributed by atoms with van der Waals surface area (Å²) in [6.45, 7) is 1.55. The van der Waals surface area contributed by atoms with Crippen LogP contribution in [-0.2, 0) is 11.2 Å². The maximum Gasteiger partial charge on any atom is 0.252 e. The van der Waals surface area contributed by atoms with Crippen LogP contribution in [0.3, 0.4) is 0 Å². The van der Waals surface area contributed by atoms with Gasteiger partial charge in [-0.25, -0.2) is 0 Å². The highest BCUT2D eigenvalue weighted by Gasteiger charge is 2.28. The molecule has 0 saturated carbocycles. The molecule has 1 N–H and O–H groups in total. The average Bonchev–Trinajstić information content (AvgIpc) is 3.17. The number of aromatic nitrogens is 1. The number of hydrogen-bond donors (Lipinski definition) is 1. The van der Waals surface area contributed by atoms with Gasteiger partial charge in [0.25, 0.3) is 5.91 Å². The van der Waals surface area contributed by atoms with E-state index in [1.165, 1.54) is 0 Å². The standard InChI is InChI=1S/C19H21N3O2/c23-18(16-8-10-20-11-9-16)21-17(14-15-6-2-1-3-7-15)19(24)22-12-4-5-13-22/h1-3,6-11,17H,4-5,12-14H2,(H,21,23)/t17-/m0/s1. The van der Waals surface area contributed by atoms with Gasteiger partial charge in [0.2, 0.25) is 5.91 Å². The lowest BCUT2D eigenvalue weighted by Crippen LogP contribution is -2.49. The summed E-state index contributed by atoms with van der Waals surface area (Å²) in [6.07, 6.45) is 5.70. The molecule has 2 aromatic rings. The molecular formula is C19H21N3O2. The van der Waals surface area contributed by atoms with Crippen molar-refractivity contribution in [2.75, 3.05) is 13.1 Å². The maximum atomic E-state index is 12.8. The zero-order chi connectivity index (χ0) is 16.8. The van der Waals surface area contributed by atoms with E-state index in [1.54, 1.807) is 24.5 Å². The number of carbonyl (C=O) groups excluding carboxylic acids is 2. The Labute approximate surface area is 141 Å². The number of nitrogens with zero attached hydrogens (tertiary/aromatic N) is 2. The Kier molecular flexibility index (Phi) is 5.21. The molecule has 2 amide bonds. The third kappa shape index (κ3) is 3.98. The van der Waals surface area contributed by atoms with E-state index in [1.807, 2.05) is 35.2 Å². The largest absolute Gasteiger partial charge is 0.341 e. The Morgan fingerprint density at radius 3 is 2.38 bits per heavy atom. The van der Waals surface area contributed by atoms with Gasteiger partial charge in [-0.15, -0.1) is 0 Å². The predicted octanol–water partition coefficient (Wildman–Crippen LogP) is 2.05. The van der Waals surface area contributed by atoms with Crippen molar-refractivity contribution >= 4 is 11.8 Å². The van der Waals surface area contributed by atoms with Gasteiger partial charge in [-0.1, -0.05) is 30.3 Å². The molecule has 24 heavy (non-hydrogen) atoms. The van der Waals surface area contributed by atoms with Crippen molar-refractivity contribution in [2.45, 2.75) is 25.3 Å². The lowest BCUT2D eigenvalue weighted by atomic mass is 10.0. The molecule has 3 rings (SSSR count). The number of hydrogen-bond acceptors (Lipinski definition) is 3. The second kappa shape index (κ2) is 7.73. The third-order valence-corrected chi connectivity index (χ3v) is 4.25. The molecule has 0 aliphatic carbocycles. The van der Waals surface area contributed by atoms with E-state index in [-0.39, 0.29) is 11.8 Å². The summed E-state index contributed by atoms with van der Waals surface area (Å²) < 4.78 is 0. The summed E-state index contributed by atoms with van der Waals surface area (Å²) in [4.78, 5) is 31.0. The van der Waals surface area contributed by atoms with E-state index in [4.69, 9.17) is 0 Å². The van der Waals surface area contributed by atoms with Crippen LogP contribution < -0.4 is 5.32 Å². The fourth-order valence-corrected chi connectivity index (χ4v) is 2.95. The molecule has 1 aromatic carbocycles. The summed E-state index contributed by atoms with van der Waals surface area (Å²) in [5.41, 5.74) is 1.54. The molecule has 0 spiro atoms. The van der Waals surface area contributed by atoms with Crippen molar-refractivity contribution in [1.29, 1.82) is 0 Å². The second-order valence-electron chi connectivity index (χ2n) is 5.98. The first kappa shape index (κ1) is 16.2. The summed E-state index contributed by atoms with van der Waals surface area (Å²) in [5.74, 6) is -0.246. The predicted molar refractivity (Wildman–Crippen MR) is 91.5 cm³/mol. The number of rotatable bonds is 5. The molecule has 124 valence electrons. The van der Waals surface area contributed by atoms with Crippen molar-refractivity contribution in [3.8, 4) is 0 Å². The van der Waals surface area contributed by atoms with Gasteiger partial charge in [0, 0.05) is 37.5 Å². The summed E-state index contributed by atoms with van der Waals surface area (Å²) in [5, 5.41) is 2.90. The van der Waals surface area contributed by atoms with Gasteiger partial charge < -0.3 is 10.2 Å². The normalized spacial score (nSPS) is 15.1. The lowest BCUT2D eigenvalue weighted by molar-refractivity contribution is -0.132. The van der Waals surface area contributed by atoms with Crippen LogP contribution in [-0.4, -0.2) is 40.8 Å². The van der Waals surface area contributed by atoms with Crippen molar-refractivity contribution in [3.05, 3.63) is 66.0 Å². The molecule has 1 aliphatic heterocycles. The first-order valence-corrected chi connectivity index (χ1v) is 8.27. The Bertz CT molecular complexity index is 682. The molecule has 1 saturated heterocycles. The molecule has 0 unspecified atom stereocenters. The van der Waals surface area contributed by atoms with Crippen LogP contribution in [0.25, 0.3) is 0 Å². The fourth-order valence-electron chi connectivity index (χ4n) is 2.95. The molecule has 1 aliphatic rings. The average molecular weight is 323 g/mol. The number of likely N-dealkylation sites (tertiary alicyclic amines) is 1. The minimum Gasteiger partial charge on any atom is -0.341 e. The minimum absolute atomic E-state index is 0.00115. The topological polar surface area (TPSA) is 62.3 Å². The SMILES string of the molecule is O=C(N[C@@H](Cc1ccccc1)C(=O)N1CCCC1)c1ccncc1. The molecular weight excluding hydrogens is 302 g/mol. The number of amides is 2. The van der Waals surface area contributed by atoms with Gasteiger partial charge in [-0.2, -0.15) is 0 Å². The molecule has 0 bridgehead atoms. The van der Waals surface area contributed by atoms with Gasteiger partial charge in [0.1, 0.15) is 6.04 Å². The molecule has 2 heterocycles. The molecule has 0 radical (unpaired) electrons. The van der Waals surface area contributed by atoms with Crippen LogP contribution in [0.4, 0.5) is 0 Å². The quantitative estimate of drug-likeness (QED) is 0.916. The zero-order valence-corrected chi connectivity index (χ0v) is 13.5. The van der Waals surface area contributed by atoms with Crippen LogP contribution in [0.15, 0.2) is 54.9 Å². The monoisotopic (exact) mass is 323 g/mol. The first-order valence-electron chi connectivity index (χ1n) is 8.27. The van der Waals surface area contributed by atoms with E-state index in [0.29, 0.717) is 12.0 Å². The van der Waals surface area contributed by atoms with Crippen LogP contribution in [0, 0.1) is 0 Å². The van der Waals surface area contributed by atoms with Crippen LogP contribution in [0.1, 0.15) is 28.8 Å². The van der Waals surface area contributed by atoms with E-state index < -0.39 is 6.04 Å². The molecule has 1 aromatic heterocycles. The zero-order valence-electron chi connectivity index (χ0n) is 13.5. The molecule has 1 fully saturated rings. The fraction of sp³-hybridized carbons (Fsp3) is 0.316. The first-order chi connectivity index (χ1) is 11.7. The van der Waals surface area contributed by atoms with Crippen molar-refractivity contribution < 1.29 is 9.59 Å². The van der Waals surface area contributed by atoms with Gasteiger partial charge >= 0.3 is 0 Å². The van der Waals surface area contributed by atoms with Gasteiger partial charge in [-0.05, 0) is 30.5 Å². The van der Waals surface area contributed by atoms with Crippen molar-refractivity contribution in [2.24, 2.45) is 0 Å². The van der Waals surface area contributed by atoms with Crippen LogP contribution in [0.2, 0.25) is 0 Å². The highest BCUT2D eigenvalue weighted by molar-refractivity contribution is 5.97. The number of pyridine rings is 1. The Balaban J connectivity index is 1.76. The van der Waals surface area contributed by atoms with Gasteiger partial charge in [0.15, 0.2) is 0 Å². The van der Waals surface area contributed by atoms with Gasteiger partial charge in [-0.3, -0.25) is 14.6 Å². The molecule has 5 nitrogen and oxygen atoms in total. The second-order valence-corrected chi connectivity index (χ2v) is 5.98. The third-order valence-electron chi connectivity index (χ3n) is 4.25. The van der Waals surface area contributed by atoms with E-state index >= 15 is 0 Å². The van der Waals surface area contributed by atoms with Crippen LogP contribution >= 0.6 is 0 Å². The van der Waals surface area contributed by atoms with Crippen molar-refractivity contribution in [3.63, 3.8) is 0 Å². The molecule has 5 heteroatoms.